The van der Waals surface area contributed by atoms with E-state index in [1.54, 1.807) is 12.1 Å². The number of rotatable bonds is 3. The van der Waals surface area contributed by atoms with Gasteiger partial charge in [0.05, 0.1) is 5.69 Å². The van der Waals surface area contributed by atoms with Crippen molar-refractivity contribution in [3.8, 4) is 0 Å². The first-order valence-corrected chi connectivity index (χ1v) is 7.19. The molecule has 0 fully saturated rings. The van der Waals surface area contributed by atoms with E-state index in [0.717, 1.165) is 15.4 Å². The average Bonchev–Trinajstić information content (AvgIpc) is 2.83. The molecule has 21 heavy (non-hydrogen) atoms. The number of benzene rings is 2. The number of fused-ring (bicyclic) bond motifs is 1. The van der Waals surface area contributed by atoms with Crippen LogP contribution >= 0.6 is 15.9 Å². The first-order chi connectivity index (χ1) is 10.1. The Bertz CT molecular complexity index is 835. The highest BCUT2D eigenvalue weighted by molar-refractivity contribution is 9.10. The van der Waals surface area contributed by atoms with Crippen molar-refractivity contribution in [1.82, 2.24) is 0 Å². The predicted octanol–water partition coefficient (Wildman–Crippen LogP) is 4.67. The topological polar surface area (TPSA) is 56.2 Å². The van der Waals surface area contributed by atoms with Crippen molar-refractivity contribution in [2.24, 2.45) is 0 Å². The van der Waals surface area contributed by atoms with Crippen LogP contribution in [0.1, 0.15) is 16.1 Å². The molecule has 0 unspecified atom stereocenters. The number of ketones is 1. The lowest BCUT2D eigenvalue weighted by molar-refractivity contribution is 0.102. The van der Waals surface area contributed by atoms with Gasteiger partial charge in [0.2, 0.25) is 5.78 Å². The smallest absolute Gasteiger partial charge is 0.223 e. The van der Waals surface area contributed by atoms with Crippen LogP contribution in [0.15, 0.2) is 63.5 Å². The van der Waals surface area contributed by atoms with Crippen molar-refractivity contribution in [2.45, 2.75) is 0 Å². The Morgan fingerprint density at radius 1 is 1.14 bits per heavy atom. The third-order valence-corrected chi connectivity index (χ3v) is 3.63. The molecule has 3 aromatic rings. The summed E-state index contributed by atoms with van der Waals surface area (Å²) in [4.78, 5) is 12.2. The number of anilines is 1. The van der Waals surface area contributed by atoms with Gasteiger partial charge in [0.1, 0.15) is 5.58 Å². The Morgan fingerprint density at radius 3 is 2.67 bits per heavy atom. The van der Waals surface area contributed by atoms with Crippen molar-refractivity contribution in [3.63, 3.8) is 0 Å². The van der Waals surface area contributed by atoms with Crippen molar-refractivity contribution in [2.75, 3.05) is 5.73 Å². The molecular formula is C17H12BrNO2. The molecule has 0 amide bonds. The molecule has 3 rings (SSSR count). The van der Waals surface area contributed by atoms with Crippen molar-refractivity contribution >= 4 is 44.4 Å². The highest BCUT2D eigenvalue weighted by Crippen LogP contribution is 2.31. The van der Waals surface area contributed by atoms with E-state index in [0.29, 0.717) is 11.3 Å². The third kappa shape index (κ3) is 2.76. The van der Waals surface area contributed by atoms with Gasteiger partial charge in [-0.3, -0.25) is 4.79 Å². The van der Waals surface area contributed by atoms with Crippen LogP contribution in [-0.4, -0.2) is 5.78 Å². The van der Waals surface area contributed by atoms with Gasteiger partial charge in [-0.2, -0.15) is 0 Å². The molecule has 0 aliphatic carbocycles. The Balaban J connectivity index is 1.95. The van der Waals surface area contributed by atoms with Gasteiger partial charge in [-0.1, -0.05) is 52.3 Å². The molecule has 0 spiro atoms. The number of carbonyl (C=O) groups excluding carboxylic acids is 1. The molecular weight excluding hydrogens is 330 g/mol. The Hall–Kier alpha value is -2.33. The number of halogens is 1. The fraction of sp³-hybridized carbons (Fsp3) is 0. The third-order valence-electron chi connectivity index (χ3n) is 3.14. The molecule has 104 valence electrons. The highest BCUT2D eigenvalue weighted by atomic mass is 79.9. The zero-order chi connectivity index (χ0) is 14.8. The lowest BCUT2D eigenvalue weighted by Gasteiger charge is -1.93. The molecule has 0 atom stereocenters. The number of furan rings is 1. The number of nitrogen functional groups attached to an aromatic ring is 1. The van der Waals surface area contributed by atoms with Crippen LogP contribution in [-0.2, 0) is 0 Å². The molecule has 0 aliphatic heterocycles. The fourth-order valence-electron chi connectivity index (χ4n) is 2.08. The monoisotopic (exact) mass is 341 g/mol. The maximum atomic E-state index is 12.2. The molecule has 1 aromatic heterocycles. The van der Waals surface area contributed by atoms with Crippen LogP contribution in [0.2, 0.25) is 0 Å². The van der Waals surface area contributed by atoms with E-state index < -0.39 is 0 Å². The normalized spacial score (nSPS) is 11.3. The van der Waals surface area contributed by atoms with Gasteiger partial charge in [0.25, 0.3) is 0 Å². The van der Waals surface area contributed by atoms with Crippen LogP contribution in [0.25, 0.3) is 17.0 Å². The largest absolute Gasteiger partial charge is 0.450 e. The summed E-state index contributed by atoms with van der Waals surface area (Å²) in [5.74, 6) is -0.0704. The Kier molecular flexibility index (Phi) is 3.62. The fourth-order valence-corrected chi connectivity index (χ4v) is 2.44. The van der Waals surface area contributed by atoms with Gasteiger partial charge in [-0.15, -0.1) is 0 Å². The maximum absolute atomic E-state index is 12.2. The van der Waals surface area contributed by atoms with Gasteiger partial charge in [-0.25, -0.2) is 0 Å². The molecule has 1 heterocycles. The molecule has 3 nitrogen and oxygen atoms in total. The van der Waals surface area contributed by atoms with Crippen LogP contribution in [0.4, 0.5) is 5.69 Å². The van der Waals surface area contributed by atoms with E-state index >= 15 is 0 Å². The lowest BCUT2D eigenvalue weighted by atomic mass is 10.1. The van der Waals surface area contributed by atoms with E-state index in [4.69, 9.17) is 10.2 Å². The van der Waals surface area contributed by atoms with Crippen molar-refractivity contribution in [1.29, 1.82) is 0 Å². The first kappa shape index (κ1) is 13.6. The number of carbonyl (C=O) groups is 1. The molecule has 0 aliphatic rings. The van der Waals surface area contributed by atoms with Crippen molar-refractivity contribution < 1.29 is 9.21 Å². The minimum Gasteiger partial charge on any atom is -0.450 e. The summed E-state index contributed by atoms with van der Waals surface area (Å²) < 4.78 is 6.45. The van der Waals surface area contributed by atoms with Crippen LogP contribution in [0.5, 0.6) is 0 Å². The summed E-state index contributed by atoms with van der Waals surface area (Å²) in [5.41, 5.74) is 7.93. The average molecular weight is 342 g/mol. The second-order valence-corrected chi connectivity index (χ2v) is 5.51. The second kappa shape index (κ2) is 5.58. The van der Waals surface area contributed by atoms with E-state index in [1.807, 2.05) is 42.5 Å². The zero-order valence-electron chi connectivity index (χ0n) is 11.0. The molecule has 2 N–H and O–H groups in total. The van der Waals surface area contributed by atoms with Crippen LogP contribution in [0.3, 0.4) is 0 Å². The summed E-state index contributed by atoms with van der Waals surface area (Å²) in [6.07, 6.45) is 3.21. The van der Waals surface area contributed by atoms with Crippen LogP contribution in [0, 0.1) is 0 Å². The van der Waals surface area contributed by atoms with Gasteiger partial charge in [0, 0.05) is 9.86 Å². The van der Waals surface area contributed by atoms with Crippen molar-refractivity contribution in [3.05, 3.63) is 70.4 Å². The Labute approximate surface area is 130 Å². The zero-order valence-corrected chi connectivity index (χ0v) is 12.6. The number of allylic oxidation sites excluding steroid dienone is 1. The minimum absolute atomic E-state index is 0.176. The minimum atomic E-state index is -0.247. The van der Waals surface area contributed by atoms with Crippen LogP contribution < -0.4 is 5.73 Å². The summed E-state index contributed by atoms with van der Waals surface area (Å²) >= 11 is 3.38. The number of hydrogen-bond acceptors (Lipinski definition) is 3. The standard InChI is InChI=1S/C17H12BrNO2/c18-12-7-9-15-13(10-12)16(19)17(21-15)14(20)8-6-11-4-2-1-3-5-11/h1-10H,19H2/b8-6+. The summed E-state index contributed by atoms with van der Waals surface area (Å²) in [6, 6.07) is 15.1. The summed E-state index contributed by atoms with van der Waals surface area (Å²) in [7, 11) is 0. The Morgan fingerprint density at radius 2 is 1.90 bits per heavy atom. The molecule has 0 saturated carbocycles. The summed E-state index contributed by atoms with van der Waals surface area (Å²) in [5, 5.41) is 0.737. The van der Waals surface area contributed by atoms with E-state index in [1.165, 1.54) is 6.08 Å². The van der Waals surface area contributed by atoms with Gasteiger partial charge < -0.3 is 10.2 Å². The maximum Gasteiger partial charge on any atom is 0.223 e. The van der Waals surface area contributed by atoms with E-state index in [9.17, 15) is 4.79 Å². The molecule has 4 heteroatoms. The number of hydrogen-bond donors (Lipinski definition) is 1. The van der Waals surface area contributed by atoms with Gasteiger partial charge in [0.15, 0.2) is 5.76 Å². The van der Waals surface area contributed by atoms with Gasteiger partial charge >= 0.3 is 0 Å². The van der Waals surface area contributed by atoms with E-state index in [2.05, 4.69) is 15.9 Å². The van der Waals surface area contributed by atoms with Gasteiger partial charge in [-0.05, 0) is 29.8 Å². The quantitative estimate of drug-likeness (QED) is 0.556. The SMILES string of the molecule is Nc1c(C(=O)/C=C/c2ccccc2)oc2ccc(Br)cc12. The summed E-state index contributed by atoms with van der Waals surface area (Å²) in [6.45, 7) is 0. The molecule has 0 radical (unpaired) electrons. The molecule has 0 bridgehead atoms. The molecule has 0 saturated heterocycles. The van der Waals surface area contributed by atoms with E-state index in [-0.39, 0.29) is 11.5 Å². The number of nitrogens with two attached hydrogens (primary N) is 1. The lowest BCUT2D eigenvalue weighted by Crippen LogP contribution is -1.97. The predicted molar refractivity (Wildman–Crippen MR) is 88.1 cm³/mol. The highest BCUT2D eigenvalue weighted by Gasteiger charge is 2.16. The molecule has 2 aromatic carbocycles. The second-order valence-electron chi connectivity index (χ2n) is 4.59. The first-order valence-electron chi connectivity index (χ1n) is 6.40.